The van der Waals surface area contributed by atoms with E-state index in [1.807, 2.05) is 0 Å². The Morgan fingerprint density at radius 2 is 2.62 bits per heavy atom. The van der Waals surface area contributed by atoms with E-state index in [4.69, 9.17) is 0 Å². The molecule has 1 aliphatic heterocycles. The van der Waals surface area contributed by atoms with E-state index < -0.39 is 0 Å². The average molecular weight is 109 g/mol. The van der Waals surface area contributed by atoms with Gasteiger partial charge in [0.25, 0.3) is 0 Å². The van der Waals surface area contributed by atoms with Crippen LogP contribution in [0.15, 0.2) is 11.6 Å². The number of hydrogen-bond donors (Lipinski definition) is 1. The zero-order valence-corrected chi connectivity index (χ0v) is 4.98. The molecule has 1 heterocycles. The summed E-state index contributed by atoms with van der Waals surface area (Å²) in [6.45, 7) is 2.41. The fourth-order valence-corrected chi connectivity index (χ4v) is 1.66. The van der Waals surface area contributed by atoms with Crippen LogP contribution >= 0.6 is 0 Å². The van der Waals surface area contributed by atoms with E-state index in [0.29, 0.717) is 0 Å². The zero-order valence-electron chi connectivity index (χ0n) is 4.98. The first-order chi connectivity index (χ1) is 3.97. The number of nitrogens with one attached hydrogen (secondary N) is 1. The molecule has 0 amide bonds. The minimum atomic E-state index is 0.926. The largest absolute Gasteiger partial charge is 0.312 e. The van der Waals surface area contributed by atoms with Gasteiger partial charge in [-0.3, -0.25) is 0 Å². The van der Waals surface area contributed by atoms with E-state index in [2.05, 4.69) is 11.4 Å². The van der Waals surface area contributed by atoms with Crippen molar-refractivity contribution in [3.05, 3.63) is 11.6 Å². The van der Waals surface area contributed by atoms with Crippen molar-refractivity contribution < 1.29 is 0 Å². The van der Waals surface area contributed by atoms with E-state index >= 15 is 0 Å². The first kappa shape index (κ1) is 4.57. The second kappa shape index (κ2) is 1.59. The number of allylic oxidation sites excluding steroid dienone is 1. The van der Waals surface area contributed by atoms with Crippen LogP contribution < -0.4 is 5.32 Å². The van der Waals surface area contributed by atoms with Crippen LogP contribution in [0.4, 0.5) is 0 Å². The molecular formula is C7H11N. The second-order valence-corrected chi connectivity index (χ2v) is 2.68. The van der Waals surface area contributed by atoms with Crippen LogP contribution in [0.25, 0.3) is 0 Å². The van der Waals surface area contributed by atoms with Gasteiger partial charge in [-0.25, -0.2) is 0 Å². The summed E-state index contributed by atoms with van der Waals surface area (Å²) in [4.78, 5) is 0. The predicted molar refractivity (Wildman–Crippen MR) is 33.7 cm³/mol. The van der Waals surface area contributed by atoms with Crippen LogP contribution in [0.2, 0.25) is 0 Å². The molecule has 1 heteroatoms. The number of hydrogen-bond acceptors (Lipinski definition) is 1. The number of fused-ring (bicyclic) bond motifs is 1. The molecule has 1 atom stereocenters. The van der Waals surface area contributed by atoms with Crippen LogP contribution in [0.1, 0.15) is 12.8 Å². The van der Waals surface area contributed by atoms with Crippen molar-refractivity contribution in [1.29, 1.82) is 0 Å². The summed E-state index contributed by atoms with van der Waals surface area (Å²) in [5.74, 6) is 0.926. The summed E-state index contributed by atoms with van der Waals surface area (Å²) >= 11 is 0. The molecule has 0 spiro atoms. The Morgan fingerprint density at radius 1 is 1.62 bits per heavy atom. The summed E-state index contributed by atoms with van der Waals surface area (Å²) in [6.07, 6.45) is 5.13. The molecule has 2 aliphatic rings. The van der Waals surface area contributed by atoms with Crippen molar-refractivity contribution in [3.63, 3.8) is 0 Å². The van der Waals surface area contributed by atoms with Gasteiger partial charge < -0.3 is 5.32 Å². The third kappa shape index (κ3) is 0.511. The van der Waals surface area contributed by atoms with Crippen molar-refractivity contribution >= 4 is 0 Å². The van der Waals surface area contributed by atoms with E-state index in [0.717, 1.165) is 5.92 Å². The quantitative estimate of drug-likeness (QED) is 0.456. The van der Waals surface area contributed by atoms with Crippen LogP contribution in [0.5, 0.6) is 0 Å². The SMILES string of the molecule is C1=C2CNC[C@H]2CC1. The molecule has 1 saturated heterocycles. The Kier molecular flexibility index (Phi) is 0.908. The highest BCUT2D eigenvalue weighted by atomic mass is 14.9. The maximum absolute atomic E-state index is 3.36. The van der Waals surface area contributed by atoms with Crippen molar-refractivity contribution in [2.24, 2.45) is 5.92 Å². The lowest BCUT2D eigenvalue weighted by Crippen LogP contribution is -2.08. The molecule has 0 saturated carbocycles. The normalized spacial score (nSPS) is 35.0. The van der Waals surface area contributed by atoms with Crippen LogP contribution in [0.3, 0.4) is 0 Å². The summed E-state index contributed by atoms with van der Waals surface area (Å²) in [6, 6.07) is 0. The minimum absolute atomic E-state index is 0.926. The summed E-state index contributed by atoms with van der Waals surface area (Å²) < 4.78 is 0. The number of rotatable bonds is 0. The van der Waals surface area contributed by atoms with E-state index in [1.54, 1.807) is 5.57 Å². The molecule has 1 fully saturated rings. The standard InChI is InChI=1S/C7H11N/c1-2-6-4-8-5-7(6)3-1/h2,7-8H,1,3-5H2/t7-/m1/s1. The molecule has 1 N–H and O–H groups in total. The van der Waals surface area contributed by atoms with E-state index in [9.17, 15) is 0 Å². The monoisotopic (exact) mass is 109 g/mol. The molecule has 0 aromatic carbocycles. The van der Waals surface area contributed by atoms with Gasteiger partial charge in [-0.15, -0.1) is 0 Å². The molecule has 1 nitrogen and oxygen atoms in total. The predicted octanol–water partition coefficient (Wildman–Crippen LogP) is 0.926. The lowest BCUT2D eigenvalue weighted by Gasteiger charge is -1.97. The summed E-state index contributed by atoms with van der Waals surface area (Å²) in [5, 5.41) is 3.36. The molecule has 0 radical (unpaired) electrons. The first-order valence-corrected chi connectivity index (χ1v) is 3.36. The minimum Gasteiger partial charge on any atom is -0.312 e. The second-order valence-electron chi connectivity index (χ2n) is 2.68. The van der Waals surface area contributed by atoms with Gasteiger partial charge in [0.05, 0.1) is 0 Å². The van der Waals surface area contributed by atoms with Gasteiger partial charge >= 0.3 is 0 Å². The highest BCUT2D eigenvalue weighted by Crippen LogP contribution is 2.27. The first-order valence-electron chi connectivity index (χ1n) is 3.36. The molecular weight excluding hydrogens is 98.1 g/mol. The maximum atomic E-state index is 3.36. The third-order valence-corrected chi connectivity index (χ3v) is 2.17. The lowest BCUT2D eigenvalue weighted by atomic mass is 10.1. The van der Waals surface area contributed by atoms with Crippen molar-refractivity contribution in [3.8, 4) is 0 Å². The van der Waals surface area contributed by atoms with Gasteiger partial charge in [0.2, 0.25) is 0 Å². The topological polar surface area (TPSA) is 12.0 Å². The summed E-state index contributed by atoms with van der Waals surface area (Å²) in [7, 11) is 0. The Balaban J connectivity index is 2.20. The lowest BCUT2D eigenvalue weighted by molar-refractivity contribution is 0.632. The van der Waals surface area contributed by atoms with Crippen molar-refractivity contribution in [2.75, 3.05) is 13.1 Å². The fraction of sp³-hybridized carbons (Fsp3) is 0.714. The molecule has 44 valence electrons. The Hall–Kier alpha value is -0.300. The zero-order chi connectivity index (χ0) is 5.40. The smallest absolute Gasteiger partial charge is 0.0168 e. The van der Waals surface area contributed by atoms with Crippen LogP contribution in [-0.2, 0) is 0 Å². The molecule has 1 aliphatic carbocycles. The maximum Gasteiger partial charge on any atom is 0.0168 e. The Morgan fingerprint density at radius 3 is 3.50 bits per heavy atom. The van der Waals surface area contributed by atoms with E-state index in [-0.39, 0.29) is 0 Å². The van der Waals surface area contributed by atoms with Gasteiger partial charge in [-0.1, -0.05) is 11.6 Å². The van der Waals surface area contributed by atoms with Crippen molar-refractivity contribution in [2.45, 2.75) is 12.8 Å². The van der Waals surface area contributed by atoms with Crippen LogP contribution in [-0.4, -0.2) is 13.1 Å². The fourth-order valence-electron chi connectivity index (χ4n) is 1.66. The highest BCUT2D eigenvalue weighted by Gasteiger charge is 2.22. The van der Waals surface area contributed by atoms with Crippen LogP contribution in [0, 0.1) is 5.92 Å². The molecule has 0 aromatic rings. The Bertz CT molecular complexity index is 126. The van der Waals surface area contributed by atoms with Gasteiger partial charge in [-0.2, -0.15) is 0 Å². The van der Waals surface area contributed by atoms with E-state index in [1.165, 1.54) is 25.9 Å². The van der Waals surface area contributed by atoms with Gasteiger partial charge in [0, 0.05) is 13.1 Å². The summed E-state index contributed by atoms with van der Waals surface area (Å²) in [5.41, 5.74) is 1.67. The van der Waals surface area contributed by atoms with Gasteiger partial charge in [0.1, 0.15) is 0 Å². The molecule has 0 bridgehead atoms. The molecule has 0 aromatic heterocycles. The molecule has 8 heavy (non-hydrogen) atoms. The van der Waals surface area contributed by atoms with Gasteiger partial charge in [0.15, 0.2) is 0 Å². The average Bonchev–Trinajstić information content (AvgIpc) is 2.15. The molecule has 0 unspecified atom stereocenters. The highest BCUT2D eigenvalue weighted by molar-refractivity contribution is 5.18. The Labute approximate surface area is 49.8 Å². The van der Waals surface area contributed by atoms with Crippen molar-refractivity contribution in [1.82, 2.24) is 5.32 Å². The molecule has 2 rings (SSSR count). The third-order valence-electron chi connectivity index (χ3n) is 2.17. The van der Waals surface area contributed by atoms with Gasteiger partial charge in [-0.05, 0) is 18.8 Å².